The minimum absolute atomic E-state index is 1.05. The zero-order valence-corrected chi connectivity index (χ0v) is 14.0. The van der Waals surface area contributed by atoms with Crippen molar-refractivity contribution in [1.29, 1.82) is 0 Å². The highest BCUT2D eigenvalue weighted by molar-refractivity contribution is 7.26. The van der Waals surface area contributed by atoms with Crippen molar-refractivity contribution in [3.05, 3.63) is 23.7 Å². The number of quaternary nitrogens is 1. The van der Waals surface area contributed by atoms with E-state index in [2.05, 4.69) is 34.9 Å². The van der Waals surface area contributed by atoms with Crippen LogP contribution in [0.3, 0.4) is 0 Å². The molecule has 0 unspecified atom stereocenters. The average molecular weight is 314 g/mol. The Labute approximate surface area is 133 Å². The number of thiophene rings is 1. The summed E-state index contributed by atoms with van der Waals surface area (Å²) in [6, 6.07) is 2.13. The molecule has 1 fully saturated rings. The minimum Gasteiger partial charge on any atom is -0.344 e. The molecule has 1 aliphatic rings. The molecule has 0 spiro atoms. The first kappa shape index (κ1) is 13.8. The van der Waals surface area contributed by atoms with Gasteiger partial charge in [0, 0.05) is 11.1 Å². The van der Waals surface area contributed by atoms with Gasteiger partial charge < -0.3 is 9.80 Å². The molecule has 1 N–H and O–H groups in total. The van der Waals surface area contributed by atoms with Crippen LogP contribution in [0.1, 0.15) is 11.3 Å². The minimum atomic E-state index is 1.05. The second-order valence-corrected chi connectivity index (χ2v) is 7.18. The third-order valence-electron chi connectivity index (χ3n) is 4.45. The van der Waals surface area contributed by atoms with E-state index in [4.69, 9.17) is 4.98 Å². The Bertz CT molecular complexity index is 848. The highest BCUT2D eigenvalue weighted by atomic mass is 32.1. The molecule has 0 saturated carbocycles. The molecule has 3 aromatic rings. The zero-order chi connectivity index (χ0) is 15.3. The topological polar surface area (TPSA) is 46.4 Å². The Morgan fingerprint density at radius 2 is 1.95 bits per heavy atom. The number of pyridine rings is 1. The van der Waals surface area contributed by atoms with Gasteiger partial charge in [0.25, 0.3) is 0 Å². The highest BCUT2D eigenvalue weighted by Crippen LogP contribution is 2.37. The van der Waals surface area contributed by atoms with Crippen LogP contribution in [0.2, 0.25) is 0 Å². The van der Waals surface area contributed by atoms with Crippen LogP contribution in [0.25, 0.3) is 20.4 Å². The third-order valence-corrected chi connectivity index (χ3v) is 5.52. The normalized spacial score (nSPS) is 16.8. The number of anilines is 1. The molecule has 3 aromatic heterocycles. The summed E-state index contributed by atoms with van der Waals surface area (Å²) >= 11 is 1.73. The lowest BCUT2D eigenvalue weighted by Crippen LogP contribution is -3.12. The predicted molar refractivity (Wildman–Crippen MR) is 91.0 cm³/mol. The molecule has 1 aliphatic heterocycles. The van der Waals surface area contributed by atoms with Crippen LogP contribution in [0.5, 0.6) is 0 Å². The van der Waals surface area contributed by atoms with Crippen LogP contribution in [-0.4, -0.2) is 48.2 Å². The van der Waals surface area contributed by atoms with Crippen LogP contribution < -0.4 is 9.80 Å². The van der Waals surface area contributed by atoms with E-state index in [1.807, 2.05) is 6.92 Å². The lowest BCUT2D eigenvalue weighted by molar-refractivity contribution is -0.880. The monoisotopic (exact) mass is 314 g/mol. The number of hydrogen-bond acceptors (Lipinski definition) is 5. The van der Waals surface area contributed by atoms with E-state index in [0.29, 0.717) is 0 Å². The molecule has 6 heteroatoms. The van der Waals surface area contributed by atoms with Crippen LogP contribution in [0, 0.1) is 13.8 Å². The van der Waals surface area contributed by atoms with E-state index in [-0.39, 0.29) is 0 Å². The molecule has 0 aliphatic carbocycles. The van der Waals surface area contributed by atoms with Gasteiger partial charge >= 0.3 is 0 Å². The van der Waals surface area contributed by atoms with Crippen molar-refractivity contribution < 1.29 is 4.90 Å². The number of nitrogens with zero attached hydrogens (tertiary/aromatic N) is 4. The fourth-order valence-corrected chi connectivity index (χ4v) is 4.49. The fourth-order valence-electron chi connectivity index (χ4n) is 3.22. The van der Waals surface area contributed by atoms with Crippen molar-refractivity contribution in [3.8, 4) is 0 Å². The summed E-state index contributed by atoms with van der Waals surface area (Å²) in [5.74, 6) is 1.08. The third kappa shape index (κ3) is 2.14. The first-order valence-electron chi connectivity index (χ1n) is 7.71. The quantitative estimate of drug-likeness (QED) is 0.733. The number of nitrogens with one attached hydrogen (secondary N) is 1. The zero-order valence-electron chi connectivity index (χ0n) is 13.2. The highest BCUT2D eigenvalue weighted by Gasteiger charge is 2.22. The summed E-state index contributed by atoms with van der Waals surface area (Å²) in [5, 5.41) is 1.19. The molecule has 0 atom stereocenters. The Morgan fingerprint density at radius 1 is 1.18 bits per heavy atom. The Kier molecular flexibility index (Phi) is 3.23. The van der Waals surface area contributed by atoms with Gasteiger partial charge in [-0.05, 0) is 25.5 Å². The van der Waals surface area contributed by atoms with Gasteiger partial charge in [-0.15, -0.1) is 11.3 Å². The average Bonchev–Trinajstić information content (AvgIpc) is 2.86. The van der Waals surface area contributed by atoms with Crippen LogP contribution in [0.4, 0.5) is 5.82 Å². The first-order chi connectivity index (χ1) is 10.6. The Morgan fingerprint density at radius 3 is 2.73 bits per heavy atom. The van der Waals surface area contributed by atoms with Crippen molar-refractivity contribution in [1.82, 2.24) is 15.0 Å². The second kappa shape index (κ2) is 5.14. The lowest BCUT2D eigenvalue weighted by Gasteiger charge is -2.30. The second-order valence-electron chi connectivity index (χ2n) is 6.18. The number of rotatable bonds is 1. The van der Waals surface area contributed by atoms with E-state index < -0.39 is 0 Å². The summed E-state index contributed by atoms with van der Waals surface area (Å²) in [5.41, 5.74) is 3.37. The van der Waals surface area contributed by atoms with Crippen molar-refractivity contribution in [2.24, 2.45) is 0 Å². The van der Waals surface area contributed by atoms with Crippen LogP contribution in [-0.2, 0) is 0 Å². The summed E-state index contributed by atoms with van der Waals surface area (Å²) in [6.07, 6.45) is 1.70. The number of hydrogen-bond donors (Lipinski definition) is 1. The molecular weight excluding hydrogens is 294 g/mol. The molecule has 0 bridgehead atoms. The Balaban J connectivity index is 1.91. The molecule has 22 heavy (non-hydrogen) atoms. The Hall–Kier alpha value is -1.79. The number of likely N-dealkylation sites (N-methyl/N-ethyl adjacent to an activating group) is 1. The molecule has 114 valence electrons. The molecule has 0 amide bonds. The van der Waals surface area contributed by atoms with Crippen molar-refractivity contribution in [3.63, 3.8) is 0 Å². The smallest absolute Gasteiger partial charge is 0.150 e. The van der Waals surface area contributed by atoms with Crippen LogP contribution >= 0.6 is 11.3 Å². The van der Waals surface area contributed by atoms with Gasteiger partial charge in [0.1, 0.15) is 11.2 Å². The molecule has 5 nitrogen and oxygen atoms in total. The summed E-state index contributed by atoms with van der Waals surface area (Å²) in [4.78, 5) is 18.9. The molecular formula is C16H20N5S+. The SMILES string of the molecule is Cc1cc(C)c2c(n1)sc1c(N3CC[NH+](C)CC3)ncnc12. The standard InChI is InChI=1S/C16H19N5S/c1-10-8-11(2)19-16-12(10)13-14(22-16)15(18-9-17-13)21-6-4-20(3)5-7-21/h8-9H,4-7H2,1-3H3/p+1. The largest absolute Gasteiger partial charge is 0.344 e. The molecule has 4 rings (SSSR count). The number of aromatic nitrogens is 3. The number of piperazine rings is 1. The molecule has 0 radical (unpaired) electrons. The van der Waals surface area contributed by atoms with Crippen molar-refractivity contribution in [2.75, 3.05) is 38.1 Å². The van der Waals surface area contributed by atoms with Gasteiger partial charge in [0.2, 0.25) is 0 Å². The van der Waals surface area contributed by atoms with E-state index in [1.54, 1.807) is 22.6 Å². The summed E-state index contributed by atoms with van der Waals surface area (Å²) in [6.45, 7) is 8.62. The lowest BCUT2D eigenvalue weighted by atomic mass is 10.1. The van der Waals surface area contributed by atoms with Gasteiger partial charge in [-0.2, -0.15) is 0 Å². The van der Waals surface area contributed by atoms with Gasteiger partial charge in [-0.1, -0.05) is 0 Å². The number of aryl methyl sites for hydroxylation is 2. The molecule has 4 heterocycles. The predicted octanol–water partition coefficient (Wildman–Crippen LogP) is 1.19. The van der Waals surface area contributed by atoms with Gasteiger partial charge in [0.05, 0.1) is 43.4 Å². The number of fused-ring (bicyclic) bond motifs is 3. The first-order valence-corrected chi connectivity index (χ1v) is 8.53. The van der Waals surface area contributed by atoms with Crippen LogP contribution in [0.15, 0.2) is 12.4 Å². The van der Waals surface area contributed by atoms with Crippen molar-refractivity contribution in [2.45, 2.75) is 13.8 Å². The van der Waals surface area contributed by atoms with Crippen molar-refractivity contribution >= 4 is 37.6 Å². The maximum Gasteiger partial charge on any atom is 0.150 e. The van der Waals surface area contributed by atoms with E-state index in [9.17, 15) is 0 Å². The van der Waals surface area contributed by atoms with E-state index >= 15 is 0 Å². The fraction of sp³-hybridized carbons (Fsp3) is 0.438. The van der Waals surface area contributed by atoms with E-state index in [1.165, 1.54) is 15.6 Å². The maximum atomic E-state index is 4.70. The van der Waals surface area contributed by atoms with E-state index in [0.717, 1.165) is 48.0 Å². The summed E-state index contributed by atoms with van der Waals surface area (Å²) in [7, 11) is 2.25. The van der Waals surface area contributed by atoms with Gasteiger partial charge in [0.15, 0.2) is 5.82 Å². The molecule has 0 aromatic carbocycles. The van der Waals surface area contributed by atoms with Gasteiger partial charge in [-0.3, -0.25) is 0 Å². The summed E-state index contributed by atoms with van der Waals surface area (Å²) < 4.78 is 1.18. The van der Waals surface area contributed by atoms with Gasteiger partial charge in [-0.25, -0.2) is 15.0 Å². The maximum absolute atomic E-state index is 4.70. The molecule has 1 saturated heterocycles.